The van der Waals surface area contributed by atoms with Gasteiger partial charge in [-0.25, -0.2) is 4.98 Å². The van der Waals surface area contributed by atoms with E-state index in [0.717, 1.165) is 18.5 Å². The minimum atomic E-state index is -0.401. The lowest BCUT2D eigenvalue weighted by Gasteiger charge is -2.13. The van der Waals surface area contributed by atoms with Crippen molar-refractivity contribution in [2.75, 3.05) is 6.54 Å². The minimum Gasteiger partial charge on any atom is -0.354 e. The highest BCUT2D eigenvalue weighted by molar-refractivity contribution is 5.81. The number of amides is 1. The molecule has 0 aliphatic carbocycles. The molecule has 90 valence electrons. The van der Waals surface area contributed by atoms with Crippen LogP contribution in [0.5, 0.6) is 0 Å². The van der Waals surface area contributed by atoms with E-state index in [1.54, 1.807) is 12.5 Å². The predicted molar refractivity (Wildman–Crippen MR) is 62.7 cm³/mol. The van der Waals surface area contributed by atoms with Crippen molar-refractivity contribution < 1.29 is 4.79 Å². The second-order valence-electron chi connectivity index (χ2n) is 4.35. The van der Waals surface area contributed by atoms with E-state index in [0.29, 0.717) is 12.5 Å². The Balaban J connectivity index is 2.19. The number of imidazole rings is 1. The SMILES string of the molecule is CC(C)C[C@@H](N)C(=O)NCCc1cnc[nH]1. The molecule has 4 N–H and O–H groups in total. The van der Waals surface area contributed by atoms with Crippen molar-refractivity contribution in [3.63, 3.8) is 0 Å². The van der Waals surface area contributed by atoms with Gasteiger partial charge in [-0.1, -0.05) is 13.8 Å². The van der Waals surface area contributed by atoms with Crippen LogP contribution in [0.1, 0.15) is 26.0 Å². The van der Waals surface area contributed by atoms with Gasteiger partial charge in [0.2, 0.25) is 5.91 Å². The quantitative estimate of drug-likeness (QED) is 0.655. The van der Waals surface area contributed by atoms with Crippen LogP contribution in [0.2, 0.25) is 0 Å². The highest BCUT2D eigenvalue weighted by Crippen LogP contribution is 2.02. The van der Waals surface area contributed by atoms with Crippen LogP contribution in [0.15, 0.2) is 12.5 Å². The van der Waals surface area contributed by atoms with Crippen LogP contribution in [0, 0.1) is 5.92 Å². The van der Waals surface area contributed by atoms with E-state index < -0.39 is 6.04 Å². The Kier molecular flexibility index (Phi) is 4.98. The van der Waals surface area contributed by atoms with Gasteiger partial charge in [-0.3, -0.25) is 4.79 Å². The molecule has 5 nitrogen and oxygen atoms in total. The molecule has 5 heteroatoms. The lowest BCUT2D eigenvalue weighted by Crippen LogP contribution is -2.42. The summed E-state index contributed by atoms with van der Waals surface area (Å²) in [5, 5.41) is 2.81. The Morgan fingerprint density at radius 3 is 2.94 bits per heavy atom. The number of rotatable bonds is 6. The summed E-state index contributed by atoms with van der Waals surface area (Å²) in [6.45, 7) is 4.70. The number of aromatic nitrogens is 2. The largest absolute Gasteiger partial charge is 0.354 e. The van der Waals surface area contributed by atoms with Crippen molar-refractivity contribution >= 4 is 5.91 Å². The molecule has 0 aliphatic heterocycles. The molecular formula is C11H20N4O. The first-order valence-corrected chi connectivity index (χ1v) is 5.60. The molecule has 1 heterocycles. The fourth-order valence-corrected chi connectivity index (χ4v) is 1.49. The third-order valence-electron chi connectivity index (χ3n) is 2.31. The summed E-state index contributed by atoms with van der Waals surface area (Å²) >= 11 is 0. The molecule has 1 rings (SSSR count). The smallest absolute Gasteiger partial charge is 0.236 e. The standard InChI is InChI=1S/C11H20N4O/c1-8(2)5-10(12)11(16)14-4-3-9-6-13-7-15-9/h6-8,10H,3-5,12H2,1-2H3,(H,13,15)(H,14,16)/t10-/m1/s1. The average Bonchev–Trinajstić information content (AvgIpc) is 2.69. The zero-order chi connectivity index (χ0) is 12.0. The highest BCUT2D eigenvalue weighted by atomic mass is 16.2. The lowest BCUT2D eigenvalue weighted by atomic mass is 10.0. The topological polar surface area (TPSA) is 83.8 Å². The van der Waals surface area contributed by atoms with E-state index in [9.17, 15) is 4.79 Å². The summed E-state index contributed by atoms with van der Waals surface area (Å²) < 4.78 is 0. The molecule has 0 saturated heterocycles. The van der Waals surface area contributed by atoms with Gasteiger partial charge >= 0.3 is 0 Å². The fourth-order valence-electron chi connectivity index (χ4n) is 1.49. The normalized spacial score (nSPS) is 12.8. The summed E-state index contributed by atoms with van der Waals surface area (Å²) in [4.78, 5) is 18.4. The van der Waals surface area contributed by atoms with Crippen LogP contribution in [0.25, 0.3) is 0 Å². The van der Waals surface area contributed by atoms with E-state index in [4.69, 9.17) is 5.73 Å². The van der Waals surface area contributed by atoms with Crippen LogP contribution >= 0.6 is 0 Å². The van der Waals surface area contributed by atoms with Gasteiger partial charge in [-0.15, -0.1) is 0 Å². The highest BCUT2D eigenvalue weighted by Gasteiger charge is 2.13. The summed E-state index contributed by atoms with van der Waals surface area (Å²) in [6.07, 6.45) is 4.85. The van der Waals surface area contributed by atoms with Crippen molar-refractivity contribution in [1.82, 2.24) is 15.3 Å². The van der Waals surface area contributed by atoms with E-state index in [-0.39, 0.29) is 5.91 Å². The zero-order valence-electron chi connectivity index (χ0n) is 9.86. The van der Waals surface area contributed by atoms with E-state index in [2.05, 4.69) is 29.1 Å². The number of carbonyl (C=O) groups is 1. The van der Waals surface area contributed by atoms with Gasteiger partial charge in [0.05, 0.1) is 12.4 Å². The first-order valence-electron chi connectivity index (χ1n) is 5.60. The molecule has 1 aromatic heterocycles. The molecule has 0 radical (unpaired) electrons. The molecule has 0 spiro atoms. The molecule has 0 aliphatic rings. The number of nitrogens with two attached hydrogens (primary N) is 1. The number of nitrogens with zero attached hydrogens (tertiary/aromatic N) is 1. The maximum Gasteiger partial charge on any atom is 0.236 e. The number of hydrogen-bond acceptors (Lipinski definition) is 3. The second kappa shape index (κ2) is 6.27. The van der Waals surface area contributed by atoms with Crippen LogP contribution in [0.4, 0.5) is 0 Å². The van der Waals surface area contributed by atoms with Crippen molar-refractivity contribution in [3.8, 4) is 0 Å². The Hall–Kier alpha value is -1.36. The number of H-pyrrole nitrogens is 1. The molecular weight excluding hydrogens is 204 g/mol. The van der Waals surface area contributed by atoms with Gasteiger partial charge in [-0.05, 0) is 12.3 Å². The molecule has 0 unspecified atom stereocenters. The molecule has 0 saturated carbocycles. The monoisotopic (exact) mass is 224 g/mol. The predicted octanol–water partition coefficient (Wildman–Crippen LogP) is 0.442. The Morgan fingerprint density at radius 1 is 1.62 bits per heavy atom. The first kappa shape index (κ1) is 12.7. The van der Waals surface area contributed by atoms with Crippen molar-refractivity contribution in [1.29, 1.82) is 0 Å². The first-order chi connectivity index (χ1) is 7.59. The van der Waals surface area contributed by atoms with Crippen molar-refractivity contribution in [2.24, 2.45) is 11.7 Å². The maximum atomic E-state index is 11.5. The minimum absolute atomic E-state index is 0.0757. The van der Waals surface area contributed by atoms with Crippen LogP contribution in [-0.4, -0.2) is 28.5 Å². The molecule has 1 aromatic rings. The Labute approximate surface area is 95.8 Å². The molecule has 16 heavy (non-hydrogen) atoms. The summed E-state index contributed by atoms with van der Waals surface area (Å²) in [6, 6.07) is -0.401. The van der Waals surface area contributed by atoms with Gasteiger partial charge in [0, 0.05) is 24.9 Å². The summed E-state index contributed by atoms with van der Waals surface area (Å²) in [5.74, 6) is 0.363. The summed E-state index contributed by atoms with van der Waals surface area (Å²) in [7, 11) is 0. The molecule has 1 amide bonds. The van der Waals surface area contributed by atoms with Crippen molar-refractivity contribution in [3.05, 3.63) is 18.2 Å². The van der Waals surface area contributed by atoms with Crippen LogP contribution in [-0.2, 0) is 11.2 Å². The average molecular weight is 224 g/mol. The second-order valence-corrected chi connectivity index (χ2v) is 4.35. The van der Waals surface area contributed by atoms with E-state index in [1.807, 2.05) is 0 Å². The Bertz CT molecular complexity index is 308. The molecule has 0 aromatic carbocycles. The van der Waals surface area contributed by atoms with Crippen molar-refractivity contribution in [2.45, 2.75) is 32.7 Å². The number of hydrogen-bond donors (Lipinski definition) is 3. The third-order valence-corrected chi connectivity index (χ3v) is 2.31. The fraction of sp³-hybridized carbons (Fsp3) is 0.636. The van der Waals surface area contributed by atoms with Crippen LogP contribution < -0.4 is 11.1 Å². The van der Waals surface area contributed by atoms with Gasteiger partial charge in [0.15, 0.2) is 0 Å². The van der Waals surface area contributed by atoms with Gasteiger partial charge < -0.3 is 16.0 Å². The number of nitrogens with one attached hydrogen (secondary N) is 2. The van der Waals surface area contributed by atoms with E-state index >= 15 is 0 Å². The Morgan fingerprint density at radius 2 is 2.38 bits per heavy atom. The number of carbonyl (C=O) groups excluding carboxylic acids is 1. The van der Waals surface area contributed by atoms with Gasteiger partial charge in [0.1, 0.15) is 0 Å². The zero-order valence-corrected chi connectivity index (χ0v) is 9.86. The van der Waals surface area contributed by atoms with E-state index in [1.165, 1.54) is 0 Å². The molecule has 1 atom stereocenters. The molecule has 0 bridgehead atoms. The third kappa shape index (κ3) is 4.44. The molecule has 0 fully saturated rings. The van der Waals surface area contributed by atoms with Gasteiger partial charge in [-0.2, -0.15) is 0 Å². The maximum absolute atomic E-state index is 11.5. The summed E-state index contributed by atoms with van der Waals surface area (Å²) in [5.41, 5.74) is 6.76. The number of aromatic amines is 1. The lowest BCUT2D eigenvalue weighted by molar-refractivity contribution is -0.122. The van der Waals surface area contributed by atoms with Gasteiger partial charge in [0.25, 0.3) is 0 Å². The van der Waals surface area contributed by atoms with Crippen LogP contribution in [0.3, 0.4) is 0 Å².